The van der Waals surface area contributed by atoms with Gasteiger partial charge < -0.3 is 24.6 Å². The fraction of sp³-hybridized carbons (Fsp3) is 0.333. The molecule has 1 aliphatic rings. The van der Waals surface area contributed by atoms with E-state index in [2.05, 4.69) is 0 Å². The highest BCUT2D eigenvalue weighted by Crippen LogP contribution is 2.40. The van der Waals surface area contributed by atoms with Crippen LogP contribution in [0, 0.1) is 0 Å². The number of carbonyl (C=O) groups excluding carboxylic acids is 2. The minimum Gasteiger partial charge on any atom is -0.508 e. The number of phenolic OH excluding ortho intramolecular Hbond substituents is 1. The number of hydrogen-bond donors (Lipinski definition) is 2. The minimum absolute atomic E-state index is 0.0243. The van der Waals surface area contributed by atoms with E-state index in [0.29, 0.717) is 49.7 Å². The zero-order valence-corrected chi connectivity index (χ0v) is 17.7. The summed E-state index contributed by atoms with van der Waals surface area (Å²) >= 11 is 0. The number of ether oxygens (including phenoxy) is 2. The minimum atomic E-state index is -0.756. The van der Waals surface area contributed by atoms with Crippen LogP contribution in [0.5, 0.6) is 11.5 Å². The van der Waals surface area contributed by atoms with Gasteiger partial charge in [-0.2, -0.15) is 0 Å². The lowest BCUT2D eigenvalue weighted by Gasteiger charge is -2.25. The maximum Gasteiger partial charge on any atom is 0.295 e. The van der Waals surface area contributed by atoms with Crippen LogP contribution in [0.15, 0.2) is 54.1 Å². The van der Waals surface area contributed by atoms with Crippen molar-refractivity contribution in [3.63, 3.8) is 0 Å². The number of aromatic hydroxyl groups is 1. The van der Waals surface area contributed by atoms with Crippen molar-refractivity contribution in [2.75, 3.05) is 26.4 Å². The molecule has 0 saturated carbocycles. The Kier molecular flexibility index (Phi) is 7.31. The van der Waals surface area contributed by atoms with E-state index >= 15 is 0 Å². The van der Waals surface area contributed by atoms with Gasteiger partial charge in [-0.05, 0) is 62.2 Å². The van der Waals surface area contributed by atoms with Crippen LogP contribution in [0.3, 0.4) is 0 Å². The van der Waals surface area contributed by atoms with Crippen LogP contribution in [0.2, 0.25) is 0 Å². The lowest BCUT2D eigenvalue weighted by molar-refractivity contribution is -0.140. The van der Waals surface area contributed by atoms with Crippen LogP contribution in [0.4, 0.5) is 0 Å². The van der Waals surface area contributed by atoms with E-state index < -0.39 is 17.7 Å². The van der Waals surface area contributed by atoms with E-state index in [1.807, 2.05) is 13.8 Å². The molecule has 1 saturated heterocycles. The van der Waals surface area contributed by atoms with Crippen LogP contribution in [0.1, 0.15) is 37.4 Å². The molecule has 1 amide bonds. The van der Waals surface area contributed by atoms with Crippen LogP contribution in [0.25, 0.3) is 5.76 Å². The summed E-state index contributed by atoms with van der Waals surface area (Å²) in [5.74, 6) is -0.927. The molecule has 3 rings (SSSR count). The second-order valence-electron chi connectivity index (χ2n) is 7.09. The Morgan fingerprint density at radius 1 is 1.00 bits per heavy atom. The predicted octanol–water partition coefficient (Wildman–Crippen LogP) is 3.64. The third-order valence-electron chi connectivity index (χ3n) is 5.08. The van der Waals surface area contributed by atoms with Crippen molar-refractivity contribution in [3.05, 3.63) is 65.2 Å². The smallest absolute Gasteiger partial charge is 0.295 e. The number of likely N-dealkylation sites (tertiary alicyclic amines) is 1. The van der Waals surface area contributed by atoms with Gasteiger partial charge in [-0.3, -0.25) is 9.59 Å². The van der Waals surface area contributed by atoms with Crippen LogP contribution >= 0.6 is 0 Å². The van der Waals surface area contributed by atoms with Gasteiger partial charge in [-0.15, -0.1) is 0 Å². The highest BCUT2D eigenvalue weighted by Gasteiger charge is 2.45. The lowest BCUT2D eigenvalue weighted by Crippen LogP contribution is -2.31. The summed E-state index contributed by atoms with van der Waals surface area (Å²) in [6, 6.07) is 12.2. The molecular weight excluding hydrogens is 398 g/mol. The monoisotopic (exact) mass is 425 g/mol. The number of Topliss-reactive ketones (excluding diaryl/α,β-unsaturated/α-hetero) is 1. The Morgan fingerprint density at radius 2 is 1.68 bits per heavy atom. The van der Waals surface area contributed by atoms with Gasteiger partial charge in [0, 0.05) is 25.3 Å². The predicted molar refractivity (Wildman–Crippen MR) is 116 cm³/mol. The number of carbonyl (C=O) groups is 2. The molecule has 2 aromatic rings. The summed E-state index contributed by atoms with van der Waals surface area (Å²) < 4.78 is 10.8. The van der Waals surface area contributed by atoms with E-state index in [1.165, 1.54) is 17.0 Å². The van der Waals surface area contributed by atoms with Gasteiger partial charge in [0.15, 0.2) is 0 Å². The van der Waals surface area contributed by atoms with Crippen molar-refractivity contribution in [1.82, 2.24) is 4.90 Å². The maximum atomic E-state index is 12.9. The first kappa shape index (κ1) is 22.4. The standard InChI is InChI=1S/C24H27NO6/c1-3-30-15-5-14-25-21(16-6-10-18(26)11-7-16)20(23(28)24(25)29)22(27)17-8-12-19(13-9-17)31-4-2/h6-13,21,26-27H,3-5,14-15H2,1-2H3/t21-/m1/s1. The van der Waals surface area contributed by atoms with E-state index in [4.69, 9.17) is 9.47 Å². The molecule has 164 valence electrons. The molecule has 1 fully saturated rings. The fourth-order valence-electron chi connectivity index (χ4n) is 3.63. The molecule has 0 spiro atoms. The molecule has 31 heavy (non-hydrogen) atoms. The Hall–Kier alpha value is -3.32. The van der Waals surface area contributed by atoms with E-state index in [9.17, 15) is 19.8 Å². The first-order valence-electron chi connectivity index (χ1n) is 10.4. The number of amides is 1. The Labute approximate surface area is 181 Å². The number of rotatable bonds is 9. The number of benzene rings is 2. The van der Waals surface area contributed by atoms with E-state index in [1.54, 1.807) is 36.4 Å². The van der Waals surface area contributed by atoms with Crippen LogP contribution in [-0.2, 0) is 14.3 Å². The van der Waals surface area contributed by atoms with Crippen molar-refractivity contribution in [2.24, 2.45) is 0 Å². The number of aliphatic hydroxyl groups is 1. The molecule has 0 aliphatic carbocycles. The van der Waals surface area contributed by atoms with Crippen molar-refractivity contribution in [2.45, 2.75) is 26.3 Å². The Bertz CT molecular complexity index is 949. The van der Waals surface area contributed by atoms with Gasteiger partial charge in [0.05, 0.1) is 18.2 Å². The average molecular weight is 425 g/mol. The zero-order valence-electron chi connectivity index (χ0n) is 17.7. The molecular formula is C24H27NO6. The number of nitrogens with zero attached hydrogens (tertiary/aromatic N) is 1. The van der Waals surface area contributed by atoms with Crippen molar-refractivity contribution < 1.29 is 29.3 Å². The van der Waals surface area contributed by atoms with Gasteiger partial charge in [0.1, 0.15) is 17.3 Å². The first-order chi connectivity index (χ1) is 15.0. The molecule has 0 radical (unpaired) electrons. The van der Waals surface area contributed by atoms with Gasteiger partial charge in [-0.25, -0.2) is 0 Å². The van der Waals surface area contributed by atoms with Gasteiger partial charge in [0.25, 0.3) is 11.7 Å². The fourth-order valence-corrected chi connectivity index (χ4v) is 3.63. The van der Waals surface area contributed by atoms with Crippen molar-refractivity contribution >= 4 is 17.4 Å². The summed E-state index contributed by atoms with van der Waals surface area (Å²) in [5.41, 5.74) is 1.07. The quantitative estimate of drug-likeness (QED) is 0.276. The molecule has 1 aliphatic heterocycles. The van der Waals surface area contributed by atoms with Gasteiger partial charge in [0.2, 0.25) is 0 Å². The number of hydrogen-bond acceptors (Lipinski definition) is 6. The van der Waals surface area contributed by atoms with Crippen molar-refractivity contribution in [1.29, 1.82) is 0 Å². The van der Waals surface area contributed by atoms with Gasteiger partial charge >= 0.3 is 0 Å². The van der Waals surface area contributed by atoms with E-state index in [0.717, 1.165) is 0 Å². The van der Waals surface area contributed by atoms with Crippen molar-refractivity contribution in [3.8, 4) is 11.5 Å². The Morgan fingerprint density at radius 3 is 2.29 bits per heavy atom. The van der Waals surface area contributed by atoms with Gasteiger partial charge in [-0.1, -0.05) is 12.1 Å². The second-order valence-corrected chi connectivity index (χ2v) is 7.09. The molecule has 1 atom stereocenters. The Balaban J connectivity index is 2.02. The largest absolute Gasteiger partial charge is 0.508 e. The average Bonchev–Trinajstić information content (AvgIpc) is 3.02. The summed E-state index contributed by atoms with van der Waals surface area (Å²) in [6.07, 6.45) is 0.554. The topological polar surface area (TPSA) is 96.3 Å². The third kappa shape index (κ3) is 4.88. The summed E-state index contributed by atoms with van der Waals surface area (Å²) in [6.45, 7) is 5.60. The summed E-state index contributed by atoms with van der Waals surface area (Å²) in [5, 5.41) is 20.7. The maximum absolute atomic E-state index is 12.9. The lowest BCUT2D eigenvalue weighted by atomic mass is 9.95. The number of aliphatic hydroxyl groups excluding tert-OH is 1. The zero-order chi connectivity index (χ0) is 22.4. The number of phenols is 1. The molecule has 0 unspecified atom stereocenters. The molecule has 0 bridgehead atoms. The van der Waals surface area contributed by atoms with Crippen LogP contribution < -0.4 is 4.74 Å². The molecule has 2 aromatic carbocycles. The molecule has 7 nitrogen and oxygen atoms in total. The summed E-state index contributed by atoms with van der Waals surface area (Å²) in [4.78, 5) is 27.2. The highest BCUT2D eigenvalue weighted by atomic mass is 16.5. The van der Waals surface area contributed by atoms with Crippen LogP contribution in [-0.4, -0.2) is 53.2 Å². The molecule has 7 heteroatoms. The first-order valence-corrected chi connectivity index (χ1v) is 10.4. The normalized spacial score (nSPS) is 17.9. The molecule has 0 aromatic heterocycles. The number of ketones is 1. The highest BCUT2D eigenvalue weighted by molar-refractivity contribution is 6.46. The second kappa shape index (κ2) is 10.1. The van der Waals surface area contributed by atoms with E-state index in [-0.39, 0.29) is 17.1 Å². The SMILES string of the molecule is CCOCCCN1C(=O)C(=O)C(=C(O)c2ccc(OCC)cc2)[C@H]1c1ccc(O)cc1. The molecule has 2 N–H and O–H groups in total. The third-order valence-corrected chi connectivity index (χ3v) is 5.08. The molecule has 1 heterocycles. The summed E-state index contributed by atoms with van der Waals surface area (Å²) in [7, 11) is 0.